The number of carbonyl (C=O) groups is 1. The van der Waals surface area contributed by atoms with Crippen molar-refractivity contribution in [3.63, 3.8) is 0 Å². The normalized spacial score (nSPS) is 17.2. The van der Waals surface area contributed by atoms with Gasteiger partial charge in [0.25, 0.3) is 0 Å². The number of hydrogen-bond acceptors (Lipinski definition) is 5. The molecule has 0 amide bonds. The summed E-state index contributed by atoms with van der Waals surface area (Å²) < 4.78 is 28.6. The van der Waals surface area contributed by atoms with E-state index in [2.05, 4.69) is 8.83 Å². The molecule has 15 heavy (non-hydrogen) atoms. The van der Waals surface area contributed by atoms with Crippen molar-refractivity contribution in [2.24, 2.45) is 0 Å². The number of allylic oxidation sites excluding steroid dienone is 1. The Labute approximate surface area is 85.4 Å². The molecular weight excluding hydrogens is 250 g/mol. The molecule has 0 aliphatic heterocycles. The Hall–Kier alpha value is -0.330. The van der Waals surface area contributed by atoms with Crippen LogP contribution in [0.4, 0.5) is 0 Å². The van der Waals surface area contributed by atoms with Crippen molar-refractivity contribution in [2.45, 2.75) is 6.92 Å². The lowest BCUT2D eigenvalue weighted by Crippen LogP contribution is -1.94. The van der Waals surface area contributed by atoms with Crippen LogP contribution in [0.15, 0.2) is 11.6 Å². The molecule has 0 spiro atoms. The zero-order chi connectivity index (χ0) is 12.1. The average Bonchev–Trinajstić information content (AvgIpc) is 1.98. The van der Waals surface area contributed by atoms with E-state index >= 15 is 0 Å². The maximum absolute atomic E-state index is 10.8. The monoisotopic (exact) mass is 260 g/mol. The molecule has 0 fully saturated rings. The summed E-state index contributed by atoms with van der Waals surface area (Å²) in [6.45, 7) is 0.945. The summed E-state index contributed by atoms with van der Waals surface area (Å²) in [5.41, 5.74) is 0.242. The van der Waals surface area contributed by atoms with Gasteiger partial charge in [-0.2, -0.15) is 4.31 Å². The van der Waals surface area contributed by atoms with E-state index in [0.717, 1.165) is 6.08 Å². The number of carbonyl (C=O) groups excluding carboxylic acids is 1. The Morgan fingerprint density at radius 3 is 2.27 bits per heavy atom. The van der Waals surface area contributed by atoms with Gasteiger partial charge in [0.1, 0.15) is 6.29 Å². The zero-order valence-corrected chi connectivity index (χ0v) is 9.43. The van der Waals surface area contributed by atoms with Crippen LogP contribution >= 0.6 is 15.6 Å². The third-order valence-electron chi connectivity index (χ3n) is 1.04. The molecule has 0 saturated carbocycles. The van der Waals surface area contributed by atoms with Crippen LogP contribution < -0.4 is 0 Å². The van der Waals surface area contributed by atoms with Gasteiger partial charge in [0.05, 0.1) is 6.61 Å². The van der Waals surface area contributed by atoms with Gasteiger partial charge < -0.3 is 14.7 Å². The second kappa shape index (κ2) is 5.67. The van der Waals surface area contributed by atoms with E-state index in [1.807, 2.05) is 0 Å². The summed E-state index contributed by atoms with van der Waals surface area (Å²) in [6, 6.07) is 0. The summed E-state index contributed by atoms with van der Waals surface area (Å²) in [6.07, 6.45) is 1.63. The maximum atomic E-state index is 10.8. The minimum Gasteiger partial charge on any atom is -0.302 e. The van der Waals surface area contributed by atoms with Crippen molar-refractivity contribution in [1.82, 2.24) is 0 Å². The second-order valence-corrected chi connectivity index (χ2v) is 5.23. The second-order valence-electron chi connectivity index (χ2n) is 2.40. The molecule has 0 aromatic heterocycles. The Balaban J connectivity index is 4.23. The van der Waals surface area contributed by atoms with Gasteiger partial charge in [0, 0.05) is 0 Å². The van der Waals surface area contributed by atoms with Crippen LogP contribution in [0.5, 0.6) is 0 Å². The van der Waals surface area contributed by atoms with Crippen LogP contribution in [0.3, 0.4) is 0 Å². The lowest BCUT2D eigenvalue weighted by atomic mass is 10.3. The molecule has 0 aliphatic rings. The fourth-order valence-electron chi connectivity index (χ4n) is 0.469. The third-order valence-corrected chi connectivity index (χ3v) is 3.19. The van der Waals surface area contributed by atoms with Crippen molar-refractivity contribution < 1.29 is 37.4 Å². The van der Waals surface area contributed by atoms with E-state index in [9.17, 15) is 13.9 Å². The Bertz CT molecular complexity index is 341. The van der Waals surface area contributed by atoms with Crippen LogP contribution in [0.2, 0.25) is 0 Å². The van der Waals surface area contributed by atoms with Crippen LogP contribution in [0.25, 0.3) is 0 Å². The molecule has 0 radical (unpaired) electrons. The summed E-state index contributed by atoms with van der Waals surface area (Å²) in [5, 5.41) is 0. The molecule has 0 saturated heterocycles. The SMILES string of the molecule is C/C(C=O)=C\COP(=O)(O)OP(=O)(O)O. The van der Waals surface area contributed by atoms with Gasteiger partial charge in [0.15, 0.2) is 0 Å². The highest BCUT2D eigenvalue weighted by atomic mass is 31.3. The number of aldehydes is 1. The van der Waals surface area contributed by atoms with E-state index in [1.54, 1.807) is 0 Å². The summed E-state index contributed by atoms with van der Waals surface area (Å²) in [4.78, 5) is 35.2. The van der Waals surface area contributed by atoms with Gasteiger partial charge in [0.2, 0.25) is 0 Å². The molecular formula is C5H10O8P2. The highest BCUT2D eigenvalue weighted by molar-refractivity contribution is 7.60. The fourth-order valence-corrected chi connectivity index (χ4v) is 2.00. The molecule has 0 heterocycles. The first-order chi connectivity index (χ1) is 6.66. The first-order valence-electron chi connectivity index (χ1n) is 3.52. The van der Waals surface area contributed by atoms with Crippen molar-refractivity contribution in [2.75, 3.05) is 6.61 Å². The van der Waals surface area contributed by atoms with Gasteiger partial charge in [-0.15, -0.1) is 0 Å². The molecule has 0 rings (SSSR count). The van der Waals surface area contributed by atoms with Gasteiger partial charge in [-0.25, -0.2) is 9.13 Å². The molecule has 0 bridgehead atoms. The first-order valence-corrected chi connectivity index (χ1v) is 6.55. The van der Waals surface area contributed by atoms with Crippen LogP contribution in [-0.2, 0) is 22.8 Å². The van der Waals surface area contributed by atoms with Crippen LogP contribution in [0.1, 0.15) is 6.92 Å². The topological polar surface area (TPSA) is 130 Å². The Kier molecular flexibility index (Phi) is 5.55. The molecule has 0 aromatic rings. The van der Waals surface area contributed by atoms with Crippen molar-refractivity contribution in [3.05, 3.63) is 11.6 Å². The number of phosphoric acid groups is 2. The molecule has 88 valence electrons. The molecule has 1 atom stereocenters. The zero-order valence-electron chi connectivity index (χ0n) is 7.64. The van der Waals surface area contributed by atoms with E-state index in [0.29, 0.717) is 6.29 Å². The molecule has 10 heteroatoms. The lowest BCUT2D eigenvalue weighted by Gasteiger charge is -2.10. The quantitative estimate of drug-likeness (QED) is 0.354. The standard InChI is InChI=1S/C5H10O8P2/c1-5(4-6)2-3-12-15(10,11)13-14(7,8)9/h2,4H,3H2,1H3,(H,10,11)(H2,7,8,9)/b5-2+. The van der Waals surface area contributed by atoms with Gasteiger partial charge in [-0.3, -0.25) is 9.32 Å². The van der Waals surface area contributed by atoms with Gasteiger partial charge >= 0.3 is 15.6 Å². The highest BCUT2D eigenvalue weighted by Crippen LogP contribution is 2.57. The predicted octanol–water partition coefficient (Wildman–Crippen LogP) is 0.358. The number of hydrogen-bond donors (Lipinski definition) is 3. The lowest BCUT2D eigenvalue weighted by molar-refractivity contribution is -0.104. The Morgan fingerprint density at radius 1 is 1.33 bits per heavy atom. The van der Waals surface area contributed by atoms with Crippen LogP contribution in [0, 0.1) is 0 Å². The summed E-state index contributed by atoms with van der Waals surface area (Å²) in [7, 11) is -9.89. The predicted molar refractivity (Wildman–Crippen MR) is 48.7 cm³/mol. The molecule has 3 N–H and O–H groups in total. The van der Waals surface area contributed by atoms with E-state index < -0.39 is 22.3 Å². The van der Waals surface area contributed by atoms with Gasteiger partial charge in [-0.05, 0) is 12.5 Å². The molecule has 0 aliphatic carbocycles. The van der Waals surface area contributed by atoms with E-state index in [-0.39, 0.29) is 5.57 Å². The summed E-state index contributed by atoms with van der Waals surface area (Å²) >= 11 is 0. The van der Waals surface area contributed by atoms with Crippen molar-refractivity contribution >= 4 is 21.9 Å². The van der Waals surface area contributed by atoms with E-state index in [4.69, 9.17) is 14.7 Å². The molecule has 0 aromatic carbocycles. The number of rotatable bonds is 6. The average molecular weight is 260 g/mol. The molecule has 1 unspecified atom stereocenters. The minimum atomic E-state index is -5.09. The summed E-state index contributed by atoms with van der Waals surface area (Å²) in [5.74, 6) is 0. The van der Waals surface area contributed by atoms with Crippen molar-refractivity contribution in [3.8, 4) is 0 Å². The van der Waals surface area contributed by atoms with E-state index in [1.165, 1.54) is 6.92 Å². The smallest absolute Gasteiger partial charge is 0.302 e. The molecule has 8 nitrogen and oxygen atoms in total. The minimum absolute atomic E-state index is 0.242. The first kappa shape index (κ1) is 14.7. The number of phosphoric ester groups is 1. The highest BCUT2D eigenvalue weighted by Gasteiger charge is 2.31. The Morgan fingerprint density at radius 2 is 1.87 bits per heavy atom. The van der Waals surface area contributed by atoms with Gasteiger partial charge in [-0.1, -0.05) is 6.08 Å². The third kappa shape index (κ3) is 8.65. The largest absolute Gasteiger partial charge is 0.481 e. The van der Waals surface area contributed by atoms with Crippen molar-refractivity contribution in [1.29, 1.82) is 0 Å². The van der Waals surface area contributed by atoms with Crippen LogP contribution in [-0.4, -0.2) is 27.6 Å². The fraction of sp³-hybridized carbons (Fsp3) is 0.400. The maximum Gasteiger partial charge on any atom is 0.481 e.